The lowest BCUT2D eigenvalue weighted by Gasteiger charge is -2.19. The molecule has 33 heavy (non-hydrogen) atoms. The fourth-order valence-corrected chi connectivity index (χ4v) is 5.37. The first kappa shape index (κ1) is 24.7. The molecule has 1 atom stereocenters. The number of ketones is 2. The molecule has 0 bridgehead atoms. The summed E-state index contributed by atoms with van der Waals surface area (Å²) in [5.41, 5.74) is 6.44. The van der Waals surface area contributed by atoms with E-state index in [-0.39, 0.29) is 18.2 Å². The Labute approximate surface area is 196 Å². The standard InChI is InChI=1S/C28H30O4P/c1-17-12-19(3)25(20(4)13-17)27(29)24(16-32-33(31)23-10-8-7-9-11-23)28(30)26-21(5)14-18(2)15-22(26)6/h7-15,24H,16H2,1-6H3/q+1. The molecule has 0 N–H and O–H groups in total. The van der Waals surface area contributed by atoms with Crippen molar-refractivity contribution < 1.29 is 18.7 Å². The number of hydrogen-bond donors (Lipinski definition) is 0. The number of hydrogen-bond acceptors (Lipinski definition) is 4. The van der Waals surface area contributed by atoms with Gasteiger partial charge < -0.3 is 0 Å². The van der Waals surface area contributed by atoms with E-state index in [2.05, 4.69) is 0 Å². The molecule has 0 aliphatic carbocycles. The van der Waals surface area contributed by atoms with Gasteiger partial charge in [-0.3, -0.25) is 9.59 Å². The maximum atomic E-state index is 13.8. The molecule has 0 aromatic heterocycles. The van der Waals surface area contributed by atoms with Gasteiger partial charge in [-0.1, -0.05) is 53.6 Å². The molecule has 3 rings (SSSR count). The third-order valence-electron chi connectivity index (χ3n) is 5.81. The zero-order chi connectivity index (χ0) is 24.3. The van der Waals surface area contributed by atoms with Gasteiger partial charge in [-0.05, 0) is 80.5 Å². The molecule has 0 aliphatic heterocycles. The Balaban J connectivity index is 2.02. The summed E-state index contributed by atoms with van der Waals surface area (Å²) in [4.78, 5) is 27.5. The first-order valence-electron chi connectivity index (χ1n) is 11.0. The molecule has 0 spiro atoms. The van der Waals surface area contributed by atoms with Crippen LogP contribution in [0.25, 0.3) is 0 Å². The van der Waals surface area contributed by atoms with Crippen molar-refractivity contribution in [3.63, 3.8) is 0 Å². The average Bonchev–Trinajstić information content (AvgIpc) is 2.73. The van der Waals surface area contributed by atoms with Crippen LogP contribution in [-0.2, 0) is 9.09 Å². The zero-order valence-corrected chi connectivity index (χ0v) is 21.0. The molecule has 0 saturated carbocycles. The Kier molecular flexibility index (Phi) is 7.73. The molecule has 3 aromatic rings. The SMILES string of the molecule is Cc1cc(C)c(C(=O)C(CO[P+](=O)c2ccccc2)C(=O)c2c(C)cc(C)cc2C)c(C)c1. The second kappa shape index (κ2) is 10.3. The maximum Gasteiger partial charge on any atom is 0.548 e. The van der Waals surface area contributed by atoms with Crippen molar-refractivity contribution in [2.45, 2.75) is 41.5 Å². The lowest BCUT2D eigenvalue weighted by atomic mass is 9.84. The van der Waals surface area contributed by atoms with Gasteiger partial charge in [0.05, 0.1) is 0 Å². The smallest absolute Gasteiger partial charge is 0.293 e. The van der Waals surface area contributed by atoms with Crippen LogP contribution in [0.3, 0.4) is 0 Å². The van der Waals surface area contributed by atoms with Crippen molar-refractivity contribution in [1.29, 1.82) is 0 Å². The summed E-state index contributed by atoms with van der Waals surface area (Å²) in [6.07, 6.45) is 0. The van der Waals surface area contributed by atoms with Gasteiger partial charge in [0.2, 0.25) is 5.30 Å². The van der Waals surface area contributed by atoms with E-state index in [0.717, 1.165) is 33.4 Å². The van der Waals surface area contributed by atoms with Gasteiger partial charge in [0.25, 0.3) is 0 Å². The summed E-state index contributed by atoms with van der Waals surface area (Å²) in [5.74, 6) is -1.69. The Morgan fingerprint density at radius 3 is 1.52 bits per heavy atom. The predicted octanol–water partition coefficient (Wildman–Crippen LogP) is 6.30. The second-order valence-corrected chi connectivity index (χ2v) is 10.0. The Morgan fingerprint density at radius 1 is 0.727 bits per heavy atom. The molecule has 0 heterocycles. The van der Waals surface area contributed by atoms with Gasteiger partial charge in [-0.15, -0.1) is 4.52 Å². The van der Waals surface area contributed by atoms with Crippen LogP contribution in [0.5, 0.6) is 0 Å². The van der Waals surface area contributed by atoms with Crippen molar-refractivity contribution in [3.8, 4) is 0 Å². The monoisotopic (exact) mass is 461 g/mol. The van der Waals surface area contributed by atoms with Crippen molar-refractivity contribution in [1.82, 2.24) is 0 Å². The highest BCUT2D eigenvalue weighted by molar-refractivity contribution is 7.48. The van der Waals surface area contributed by atoms with E-state index >= 15 is 0 Å². The highest BCUT2D eigenvalue weighted by Gasteiger charge is 2.35. The highest BCUT2D eigenvalue weighted by atomic mass is 31.1. The van der Waals surface area contributed by atoms with E-state index in [1.165, 1.54) is 0 Å². The first-order chi connectivity index (χ1) is 15.6. The van der Waals surface area contributed by atoms with E-state index in [4.69, 9.17) is 4.52 Å². The third-order valence-corrected chi connectivity index (χ3v) is 6.91. The van der Waals surface area contributed by atoms with Crippen molar-refractivity contribution >= 4 is 24.9 Å². The first-order valence-corrected chi connectivity index (χ1v) is 12.2. The van der Waals surface area contributed by atoms with Crippen LogP contribution in [0.4, 0.5) is 0 Å². The summed E-state index contributed by atoms with van der Waals surface area (Å²) in [6, 6.07) is 16.6. The molecule has 3 aromatic carbocycles. The molecule has 170 valence electrons. The predicted molar refractivity (Wildman–Crippen MR) is 133 cm³/mol. The molecular formula is C28H30O4P+. The van der Waals surface area contributed by atoms with Crippen LogP contribution in [0, 0.1) is 47.5 Å². The largest absolute Gasteiger partial charge is 0.548 e. The zero-order valence-electron chi connectivity index (χ0n) is 20.1. The maximum absolute atomic E-state index is 13.8. The van der Waals surface area contributed by atoms with Crippen LogP contribution >= 0.6 is 8.03 Å². The molecule has 0 radical (unpaired) electrons. The fourth-order valence-electron chi connectivity index (χ4n) is 4.52. The summed E-state index contributed by atoms with van der Waals surface area (Å²) in [6.45, 7) is 11.2. The minimum absolute atomic E-state index is 0.249. The van der Waals surface area contributed by atoms with Gasteiger partial charge in [0, 0.05) is 11.1 Å². The van der Waals surface area contributed by atoms with E-state index in [9.17, 15) is 14.2 Å². The topological polar surface area (TPSA) is 60.4 Å². The molecule has 1 unspecified atom stereocenters. The minimum atomic E-state index is -2.19. The lowest BCUT2D eigenvalue weighted by Crippen LogP contribution is -2.30. The minimum Gasteiger partial charge on any atom is -0.293 e. The fraction of sp³-hybridized carbons (Fsp3) is 0.286. The van der Waals surface area contributed by atoms with Crippen molar-refractivity contribution in [2.24, 2.45) is 5.92 Å². The third kappa shape index (κ3) is 5.52. The van der Waals surface area contributed by atoms with Crippen LogP contribution < -0.4 is 5.30 Å². The van der Waals surface area contributed by atoms with Crippen LogP contribution in [0.2, 0.25) is 0 Å². The number of carbonyl (C=O) groups excluding carboxylic acids is 2. The Bertz CT molecular complexity index is 1110. The van der Waals surface area contributed by atoms with Crippen LogP contribution in [0.15, 0.2) is 54.6 Å². The van der Waals surface area contributed by atoms with Gasteiger partial charge in [-0.25, -0.2) is 0 Å². The van der Waals surface area contributed by atoms with Gasteiger partial charge in [-0.2, -0.15) is 0 Å². The number of aryl methyl sites for hydroxylation is 6. The van der Waals surface area contributed by atoms with Crippen LogP contribution in [-0.4, -0.2) is 18.2 Å². The molecule has 5 heteroatoms. The van der Waals surface area contributed by atoms with Crippen LogP contribution in [0.1, 0.15) is 54.1 Å². The summed E-state index contributed by atoms with van der Waals surface area (Å²) < 4.78 is 18.4. The molecular weight excluding hydrogens is 431 g/mol. The number of carbonyl (C=O) groups is 2. The van der Waals surface area contributed by atoms with Gasteiger partial charge >= 0.3 is 8.03 Å². The van der Waals surface area contributed by atoms with Crippen molar-refractivity contribution in [3.05, 3.63) is 99.1 Å². The molecule has 0 saturated heterocycles. The lowest BCUT2D eigenvalue weighted by molar-refractivity contribution is 0.0760. The molecule has 0 aliphatic rings. The summed E-state index contributed by atoms with van der Waals surface area (Å²) in [5, 5.41) is 0.525. The number of Topliss-reactive ketones (excluding diaryl/α,β-unsaturated/α-hetero) is 2. The van der Waals surface area contributed by atoms with Gasteiger partial charge in [0.15, 0.2) is 11.6 Å². The van der Waals surface area contributed by atoms with E-state index in [1.54, 1.807) is 24.3 Å². The molecule has 0 amide bonds. The average molecular weight is 462 g/mol. The van der Waals surface area contributed by atoms with E-state index in [0.29, 0.717) is 16.4 Å². The normalized spacial score (nSPS) is 11.5. The second-order valence-electron chi connectivity index (χ2n) is 8.72. The summed E-state index contributed by atoms with van der Waals surface area (Å²) in [7, 11) is -2.19. The molecule has 0 fully saturated rings. The number of benzene rings is 3. The van der Waals surface area contributed by atoms with E-state index < -0.39 is 13.9 Å². The number of rotatable bonds is 8. The van der Waals surface area contributed by atoms with E-state index in [1.807, 2.05) is 71.9 Å². The Morgan fingerprint density at radius 2 is 1.12 bits per heavy atom. The van der Waals surface area contributed by atoms with Gasteiger partial charge in [0.1, 0.15) is 12.5 Å². The molecule has 4 nitrogen and oxygen atoms in total. The quantitative estimate of drug-likeness (QED) is 0.224. The highest BCUT2D eigenvalue weighted by Crippen LogP contribution is 2.29. The summed E-state index contributed by atoms with van der Waals surface area (Å²) >= 11 is 0. The van der Waals surface area contributed by atoms with Crippen molar-refractivity contribution in [2.75, 3.05) is 6.61 Å². The Hall–Kier alpha value is -2.94.